The highest BCUT2D eigenvalue weighted by Gasteiger charge is 2.65. The summed E-state index contributed by atoms with van der Waals surface area (Å²) in [5.74, 6) is -2.12. The molecule has 1 aliphatic rings. The van der Waals surface area contributed by atoms with Crippen LogP contribution in [0.5, 0.6) is 0 Å². The summed E-state index contributed by atoms with van der Waals surface area (Å²) in [5, 5.41) is 12.0. The first-order valence-electron chi connectivity index (χ1n) is 6.53. The van der Waals surface area contributed by atoms with Gasteiger partial charge >= 0.3 is 5.97 Å². The lowest BCUT2D eigenvalue weighted by atomic mass is 10.1. The summed E-state index contributed by atoms with van der Waals surface area (Å²) in [7, 11) is 0. The van der Waals surface area contributed by atoms with Gasteiger partial charge in [-0.05, 0) is 30.0 Å². The number of carboxylic acids is 1. The fourth-order valence-electron chi connectivity index (χ4n) is 2.75. The van der Waals surface area contributed by atoms with Gasteiger partial charge in [0.15, 0.2) is 0 Å². The van der Waals surface area contributed by atoms with E-state index in [2.05, 4.69) is 21.2 Å². The second-order valence-corrected chi connectivity index (χ2v) is 6.82. The second-order valence-electron chi connectivity index (χ2n) is 5.90. The Bertz CT molecular complexity index is 556. The van der Waals surface area contributed by atoms with Crippen LogP contribution in [0.3, 0.4) is 0 Å². The van der Waals surface area contributed by atoms with Gasteiger partial charge in [-0.1, -0.05) is 41.9 Å². The maximum atomic E-state index is 12.2. The number of aliphatic carboxylic acids is 1. The van der Waals surface area contributed by atoms with Crippen molar-refractivity contribution in [3.8, 4) is 0 Å². The average molecular weight is 340 g/mol. The number of carbonyl (C=O) groups is 2. The molecule has 1 aromatic carbocycles. The molecule has 5 heteroatoms. The first kappa shape index (κ1) is 15.0. The lowest BCUT2D eigenvalue weighted by Crippen LogP contribution is -2.30. The summed E-state index contributed by atoms with van der Waals surface area (Å²) in [4.78, 5) is 23.3. The summed E-state index contributed by atoms with van der Waals surface area (Å²) in [6.07, 6.45) is 0. The van der Waals surface area contributed by atoms with Gasteiger partial charge in [0.05, 0.1) is 17.9 Å². The van der Waals surface area contributed by atoms with E-state index in [9.17, 15) is 9.59 Å². The van der Waals surface area contributed by atoms with Crippen LogP contribution < -0.4 is 5.32 Å². The van der Waals surface area contributed by atoms with Gasteiger partial charge in [-0.15, -0.1) is 0 Å². The number of carbonyl (C=O) groups excluding carboxylic acids is 1. The maximum absolute atomic E-state index is 12.2. The van der Waals surface area contributed by atoms with Crippen LogP contribution in [0, 0.1) is 17.3 Å². The van der Waals surface area contributed by atoms with E-state index in [-0.39, 0.29) is 11.9 Å². The molecule has 20 heavy (non-hydrogen) atoms. The third kappa shape index (κ3) is 2.73. The van der Waals surface area contributed by atoms with Gasteiger partial charge in [0.1, 0.15) is 0 Å². The van der Waals surface area contributed by atoms with Crippen molar-refractivity contribution in [1.82, 2.24) is 5.32 Å². The molecule has 1 fully saturated rings. The molecule has 1 amide bonds. The largest absolute Gasteiger partial charge is 0.481 e. The third-order valence-electron chi connectivity index (χ3n) is 4.08. The zero-order chi connectivity index (χ0) is 15.1. The minimum Gasteiger partial charge on any atom is -0.481 e. The predicted octanol–water partition coefficient (Wildman–Crippen LogP) is 2.98. The predicted molar refractivity (Wildman–Crippen MR) is 79.1 cm³/mol. The van der Waals surface area contributed by atoms with E-state index in [1.54, 1.807) is 0 Å². The third-order valence-corrected chi connectivity index (χ3v) is 4.58. The van der Waals surface area contributed by atoms with E-state index >= 15 is 0 Å². The summed E-state index contributed by atoms with van der Waals surface area (Å²) < 4.78 is 0.950. The highest BCUT2D eigenvalue weighted by atomic mass is 79.9. The van der Waals surface area contributed by atoms with Crippen molar-refractivity contribution in [3.63, 3.8) is 0 Å². The molecule has 0 aliphatic heterocycles. The number of benzene rings is 1. The second kappa shape index (κ2) is 5.20. The molecule has 2 unspecified atom stereocenters. The topological polar surface area (TPSA) is 66.4 Å². The molecule has 108 valence electrons. The van der Waals surface area contributed by atoms with Crippen LogP contribution in [-0.2, 0) is 9.59 Å². The molecule has 3 atom stereocenters. The van der Waals surface area contributed by atoms with Crippen LogP contribution in [-0.4, -0.2) is 17.0 Å². The van der Waals surface area contributed by atoms with Crippen molar-refractivity contribution in [2.75, 3.05) is 0 Å². The summed E-state index contributed by atoms with van der Waals surface area (Å²) >= 11 is 3.39. The fraction of sp³-hybridized carbons (Fsp3) is 0.467. The van der Waals surface area contributed by atoms with Crippen LogP contribution in [0.4, 0.5) is 0 Å². The highest BCUT2D eigenvalue weighted by molar-refractivity contribution is 9.10. The molecule has 0 saturated heterocycles. The molecule has 4 nitrogen and oxygen atoms in total. The van der Waals surface area contributed by atoms with Crippen molar-refractivity contribution < 1.29 is 14.7 Å². The molecular weight excluding hydrogens is 322 g/mol. The molecule has 1 aliphatic carbocycles. The Balaban J connectivity index is 2.04. The van der Waals surface area contributed by atoms with E-state index in [4.69, 9.17) is 5.11 Å². The Labute approximate surface area is 126 Å². The van der Waals surface area contributed by atoms with E-state index in [0.717, 1.165) is 10.0 Å². The molecule has 0 heterocycles. The number of halogens is 1. The summed E-state index contributed by atoms with van der Waals surface area (Å²) in [6, 6.07) is 7.55. The molecule has 0 aromatic heterocycles. The molecule has 0 bridgehead atoms. The van der Waals surface area contributed by atoms with Gasteiger partial charge in [0, 0.05) is 4.47 Å². The Morgan fingerprint density at radius 1 is 1.35 bits per heavy atom. The quantitative estimate of drug-likeness (QED) is 0.886. The highest BCUT2D eigenvalue weighted by Crippen LogP contribution is 2.58. The molecule has 2 rings (SSSR count). The van der Waals surface area contributed by atoms with Crippen molar-refractivity contribution in [3.05, 3.63) is 34.3 Å². The number of rotatable bonds is 4. The van der Waals surface area contributed by atoms with Gasteiger partial charge in [-0.3, -0.25) is 9.59 Å². The smallest absolute Gasteiger partial charge is 0.307 e. The first-order valence-corrected chi connectivity index (χ1v) is 7.33. The molecule has 0 spiro atoms. The minimum atomic E-state index is -0.898. The SMILES string of the molecule is C[C@H](NC(=O)C1C(C(=O)O)C1(C)C)c1cccc(Br)c1. The summed E-state index contributed by atoms with van der Waals surface area (Å²) in [6.45, 7) is 5.53. The fourth-order valence-corrected chi connectivity index (χ4v) is 3.17. The Hall–Kier alpha value is -1.36. The van der Waals surface area contributed by atoms with Crippen LogP contribution in [0.25, 0.3) is 0 Å². The van der Waals surface area contributed by atoms with E-state index in [0.29, 0.717) is 0 Å². The number of hydrogen-bond donors (Lipinski definition) is 2. The number of nitrogens with one attached hydrogen (secondary N) is 1. The van der Waals surface area contributed by atoms with Crippen LogP contribution in [0.15, 0.2) is 28.7 Å². The zero-order valence-corrected chi connectivity index (χ0v) is 13.3. The Morgan fingerprint density at radius 2 is 2.00 bits per heavy atom. The molecule has 0 radical (unpaired) electrons. The lowest BCUT2D eigenvalue weighted by Gasteiger charge is -2.15. The number of carboxylic acid groups (broad SMARTS) is 1. The van der Waals surface area contributed by atoms with E-state index in [1.807, 2.05) is 45.0 Å². The van der Waals surface area contributed by atoms with Gasteiger partial charge in [0.2, 0.25) is 5.91 Å². The van der Waals surface area contributed by atoms with Crippen molar-refractivity contribution in [1.29, 1.82) is 0 Å². The normalized spacial score (nSPS) is 24.8. The monoisotopic (exact) mass is 339 g/mol. The van der Waals surface area contributed by atoms with Gasteiger partial charge in [-0.25, -0.2) is 0 Å². The first-order chi connectivity index (χ1) is 9.25. The van der Waals surface area contributed by atoms with Crippen molar-refractivity contribution in [2.45, 2.75) is 26.8 Å². The van der Waals surface area contributed by atoms with Gasteiger partial charge < -0.3 is 10.4 Å². The maximum Gasteiger partial charge on any atom is 0.307 e. The minimum absolute atomic E-state index is 0.147. The Morgan fingerprint density at radius 3 is 2.50 bits per heavy atom. The van der Waals surface area contributed by atoms with Gasteiger partial charge in [0.25, 0.3) is 0 Å². The van der Waals surface area contributed by atoms with Crippen molar-refractivity contribution in [2.24, 2.45) is 17.3 Å². The van der Waals surface area contributed by atoms with Crippen LogP contribution in [0.2, 0.25) is 0 Å². The molecule has 2 N–H and O–H groups in total. The zero-order valence-electron chi connectivity index (χ0n) is 11.7. The summed E-state index contributed by atoms with van der Waals surface area (Å²) in [5.41, 5.74) is 0.519. The van der Waals surface area contributed by atoms with Gasteiger partial charge in [-0.2, -0.15) is 0 Å². The standard InChI is InChI=1S/C15H18BrNO3/c1-8(9-5-4-6-10(16)7-9)17-13(18)11-12(14(19)20)15(11,2)3/h4-8,11-12H,1-3H3,(H,17,18)(H,19,20)/t8-,11?,12?/m0/s1. The Kier molecular flexibility index (Phi) is 3.91. The van der Waals surface area contributed by atoms with Crippen LogP contribution >= 0.6 is 15.9 Å². The number of hydrogen-bond acceptors (Lipinski definition) is 2. The lowest BCUT2D eigenvalue weighted by molar-refractivity contribution is -0.140. The average Bonchev–Trinajstić information content (AvgIpc) is 2.92. The van der Waals surface area contributed by atoms with Crippen molar-refractivity contribution >= 4 is 27.8 Å². The van der Waals surface area contributed by atoms with E-state index < -0.39 is 23.2 Å². The molecule has 1 aromatic rings. The van der Waals surface area contributed by atoms with Crippen LogP contribution in [0.1, 0.15) is 32.4 Å². The number of amides is 1. The molecular formula is C15H18BrNO3. The van der Waals surface area contributed by atoms with E-state index in [1.165, 1.54) is 0 Å². The molecule has 1 saturated carbocycles.